The fourth-order valence-electron chi connectivity index (χ4n) is 2.66. The van der Waals surface area contributed by atoms with Gasteiger partial charge in [0, 0.05) is 23.0 Å². The van der Waals surface area contributed by atoms with Gasteiger partial charge in [0.05, 0.1) is 12.8 Å². The summed E-state index contributed by atoms with van der Waals surface area (Å²) >= 11 is 3.43. The highest BCUT2D eigenvalue weighted by Crippen LogP contribution is 2.29. The maximum Gasteiger partial charge on any atom is 0.224 e. The van der Waals surface area contributed by atoms with Crippen molar-refractivity contribution in [2.75, 3.05) is 12.4 Å². The summed E-state index contributed by atoms with van der Waals surface area (Å²) in [4.78, 5) is 12.1. The zero-order valence-electron chi connectivity index (χ0n) is 11.7. The first kappa shape index (κ1) is 15.3. The third-order valence-corrected chi connectivity index (χ3v) is 4.55. The maximum absolute atomic E-state index is 12.1. The molecule has 1 fully saturated rings. The summed E-state index contributed by atoms with van der Waals surface area (Å²) in [6.07, 6.45) is 4.93. The smallest absolute Gasteiger partial charge is 0.224 e. The van der Waals surface area contributed by atoms with E-state index in [9.17, 15) is 4.79 Å². The SMILES string of the molecule is COc1ccc(Br)c(NC(=O)CC2CCCCC2N)c1. The van der Waals surface area contributed by atoms with Crippen LogP contribution in [0.15, 0.2) is 22.7 Å². The fourth-order valence-corrected chi connectivity index (χ4v) is 3.00. The molecule has 1 amide bonds. The molecule has 110 valence electrons. The Balaban J connectivity index is 1.97. The number of halogens is 1. The van der Waals surface area contributed by atoms with Crippen LogP contribution in [0.3, 0.4) is 0 Å². The molecular weight excluding hydrogens is 320 g/mol. The molecule has 3 N–H and O–H groups in total. The van der Waals surface area contributed by atoms with Gasteiger partial charge in [0.25, 0.3) is 0 Å². The van der Waals surface area contributed by atoms with Crippen molar-refractivity contribution in [1.29, 1.82) is 0 Å². The number of nitrogens with one attached hydrogen (secondary N) is 1. The largest absolute Gasteiger partial charge is 0.497 e. The third-order valence-electron chi connectivity index (χ3n) is 3.86. The standard InChI is InChI=1S/C15H21BrN2O2/c1-20-11-6-7-12(16)14(9-11)18-15(19)8-10-4-2-3-5-13(10)17/h6-7,9-10,13H,2-5,8,17H2,1H3,(H,18,19). The molecule has 1 aromatic carbocycles. The van der Waals surface area contributed by atoms with Crippen LogP contribution in [0.1, 0.15) is 32.1 Å². The van der Waals surface area contributed by atoms with Crippen LogP contribution < -0.4 is 15.8 Å². The van der Waals surface area contributed by atoms with Crippen molar-refractivity contribution in [3.05, 3.63) is 22.7 Å². The molecule has 2 unspecified atom stereocenters. The maximum atomic E-state index is 12.1. The van der Waals surface area contributed by atoms with E-state index in [2.05, 4.69) is 21.2 Å². The lowest BCUT2D eigenvalue weighted by Crippen LogP contribution is -2.35. The first-order valence-electron chi connectivity index (χ1n) is 6.99. The first-order chi connectivity index (χ1) is 9.60. The highest BCUT2D eigenvalue weighted by atomic mass is 79.9. The van der Waals surface area contributed by atoms with E-state index < -0.39 is 0 Å². The molecule has 1 aliphatic carbocycles. The van der Waals surface area contributed by atoms with Gasteiger partial charge in [-0.3, -0.25) is 4.79 Å². The van der Waals surface area contributed by atoms with Crippen molar-refractivity contribution in [1.82, 2.24) is 0 Å². The van der Waals surface area contributed by atoms with Gasteiger partial charge in [-0.05, 0) is 46.8 Å². The number of nitrogens with two attached hydrogens (primary N) is 1. The minimum absolute atomic E-state index is 0.0151. The number of rotatable bonds is 4. The minimum Gasteiger partial charge on any atom is -0.497 e. The molecule has 4 nitrogen and oxygen atoms in total. The van der Waals surface area contributed by atoms with Gasteiger partial charge < -0.3 is 15.8 Å². The van der Waals surface area contributed by atoms with Gasteiger partial charge in [0.2, 0.25) is 5.91 Å². The van der Waals surface area contributed by atoms with Crippen molar-refractivity contribution in [2.45, 2.75) is 38.1 Å². The zero-order valence-corrected chi connectivity index (χ0v) is 13.3. The molecule has 0 spiro atoms. The Bertz CT molecular complexity index is 479. The lowest BCUT2D eigenvalue weighted by molar-refractivity contribution is -0.117. The minimum atomic E-state index is 0.0151. The first-order valence-corrected chi connectivity index (χ1v) is 7.78. The van der Waals surface area contributed by atoms with Gasteiger partial charge >= 0.3 is 0 Å². The van der Waals surface area contributed by atoms with E-state index in [1.807, 2.05) is 18.2 Å². The summed E-state index contributed by atoms with van der Waals surface area (Å²) in [6.45, 7) is 0. The van der Waals surface area contributed by atoms with Gasteiger partial charge in [0.15, 0.2) is 0 Å². The van der Waals surface area contributed by atoms with Crippen molar-refractivity contribution >= 4 is 27.5 Å². The molecule has 0 aromatic heterocycles. The molecule has 20 heavy (non-hydrogen) atoms. The number of carbonyl (C=O) groups is 1. The topological polar surface area (TPSA) is 64.3 Å². The fraction of sp³-hybridized carbons (Fsp3) is 0.533. The van der Waals surface area contributed by atoms with E-state index in [4.69, 9.17) is 10.5 Å². The number of anilines is 1. The van der Waals surface area contributed by atoms with Crippen molar-refractivity contribution in [2.24, 2.45) is 11.7 Å². The lowest BCUT2D eigenvalue weighted by Gasteiger charge is -2.28. The average Bonchev–Trinajstić information content (AvgIpc) is 2.44. The Morgan fingerprint density at radius 2 is 2.20 bits per heavy atom. The predicted octanol–water partition coefficient (Wildman–Crippen LogP) is 3.30. The van der Waals surface area contributed by atoms with E-state index in [1.54, 1.807) is 7.11 Å². The number of methoxy groups -OCH3 is 1. The number of carbonyl (C=O) groups excluding carboxylic acids is 1. The molecule has 1 aliphatic rings. The van der Waals surface area contributed by atoms with Gasteiger partial charge in [-0.15, -0.1) is 0 Å². The van der Waals surface area contributed by atoms with Crippen molar-refractivity contribution < 1.29 is 9.53 Å². The summed E-state index contributed by atoms with van der Waals surface area (Å²) < 4.78 is 6.01. The second kappa shape index (κ2) is 7.09. The molecule has 0 heterocycles. The quantitative estimate of drug-likeness (QED) is 0.883. The van der Waals surface area contributed by atoms with E-state index in [-0.39, 0.29) is 11.9 Å². The second-order valence-electron chi connectivity index (χ2n) is 5.31. The highest BCUT2D eigenvalue weighted by molar-refractivity contribution is 9.10. The van der Waals surface area contributed by atoms with Crippen LogP contribution in [-0.2, 0) is 4.79 Å². The van der Waals surface area contributed by atoms with Gasteiger partial charge in [-0.25, -0.2) is 0 Å². The summed E-state index contributed by atoms with van der Waals surface area (Å²) in [5, 5.41) is 2.93. The molecule has 1 saturated carbocycles. The van der Waals surface area contributed by atoms with Crippen LogP contribution in [0.25, 0.3) is 0 Å². The molecule has 0 bridgehead atoms. The van der Waals surface area contributed by atoms with E-state index in [1.165, 1.54) is 12.8 Å². The Morgan fingerprint density at radius 1 is 1.45 bits per heavy atom. The normalized spacial score (nSPS) is 22.4. The number of hydrogen-bond acceptors (Lipinski definition) is 3. The number of benzene rings is 1. The van der Waals surface area contributed by atoms with Gasteiger partial charge in [0.1, 0.15) is 5.75 Å². The summed E-state index contributed by atoms with van der Waals surface area (Å²) in [5.41, 5.74) is 6.82. The Labute approximate surface area is 128 Å². The second-order valence-corrected chi connectivity index (χ2v) is 6.16. The van der Waals surface area contributed by atoms with E-state index in [0.717, 1.165) is 28.8 Å². The molecule has 0 saturated heterocycles. The van der Waals surface area contributed by atoms with Crippen LogP contribution in [0.4, 0.5) is 5.69 Å². The predicted molar refractivity (Wildman–Crippen MR) is 83.9 cm³/mol. The average molecular weight is 341 g/mol. The number of ether oxygens (including phenoxy) is 1. The van der Waals surface area contributed by atoms with E-state index in [0.29, 0.717) is 12.3 Å². The Kier molecular flexibility index (Phi) is 5.43. The van der Waals surface area contributed by atoms with Crippen molar-refractivity contribution in [3.63, 3.8) is 0 Å². The molecule has 2 rings (SSSR count). The molecule has 5 heteroatoms. The summed E-state index contributed by atoms with van der Waals surface area (Å²) in [7, 11) is 1.61. The summed E-state index contributed by atoms with van der Waals surface area (Å²) in [5.74, 6) is 1.03. The van der Waals surface area contributed by atoms with Crippen LogP contribution >= 0.6 is 15.9 Å². The molecule has 1 aromatic rings. The van der Waals surface area contributed by atoms with Crippen LogP contribution in [-0.4, -0.2) is 19.1 Å². The Morgan fingerprint density at radius 3 is 2.90 bits per heavy atom. The van der Waals surface area contributed by atoms with Crippen molar-refractivity contribution in [3.8, 4) is 5.75 Å². The van der Waals surface area contributed by atoms with Gasteiger partial charge in [-0.2, -0.15) is 0 Å². The molecule has 0 aliphatic heterocycles. The van der Waals surface area contributed by atoms with Crippen LogP contribution in [0.5, 0.6) is 5.75 Å². The van der Waals surface area contributed by atoms with E-state index >= 15 is 0 Å². The third kappa shape index (κ3) is 3.96. The highest BCUT2D eigenvalue weighted by Gasteiger charge is 2.24. The molecule has 0 radical (unpaired) electrons. The van der Waals surface area contributed by atoms with Crippen LogP contribution in [0, 0.1) is 5.92 Å². The Hall–Kier alpha value is -1.07. The monoisotopic (exact) mass is 340 g/mol. The number of amides is 1. The lowest BCUT2D eigenvalue weighted by atomic mass is 9.83. The number of hydrogen-bond donors (Lipinski definition) is 2. The molecule has 2 atom stereocenters. The molecular formula is C15H21BrN2O2. The van der Waals surface area contributed by atoms with Crippen LogP contribution in [0.2, 0.25) is 0 Å². The van der Waals surface area contributed by atoms with Gasteiger partial charge in [-0.1, -0.05) is 12.8 Å². The zero-order chi connectivity index (χ0) is 14.5. The summed E-state index contributed by atoms with van der Waals surface area (Å²) in [6, 6.07) is 5.67.